The van der Waals surface area contributed by atoms with Crippen LogP contribution in [0.2, 0.25) is 0 Å². The lowest BCUT2D eigenvalue weighted by atomic mass is 10.0. The van der Waals surface area contributed by atoms with Crippen molar-refractivity contribution in [2.75, 3.05) is 6.61 Å². The van der Waals surface area contributed by atoms with Crippen molar-refractivity contribution in [2.24, 2.45) is 0 Å². The Morgan fingerprint density at radius 3 is 2.48 bits per heavy atom. The van der Waals surface area contributed by atoms with E-state index in [1.54, 1.807) is 6.07 Å². The molecular formula is C15H12BrF3O2. The summed E-state index contributed by atoms with van der Waals surface area (Å²) in [4.78, 5) is 0. The molecule has 1 unspecified atom stereocenters. The zero-order valence-corrected chi connectivity index (χ0v) is 12.6. The van der Waals surface area contributed by atoms with Gasteiger partial charge in [0, 0.05) is 5.56 Å². The number of aliphatic hydroxyl groups excluding tert-OH is 1. The van der Waals surface area contributed by atoms with Gasteiger partial charge in [-0.25, -0.2) is 13.2 Å². The van der Waals surface area contributed by atoms with Crippen LogP contribution in [0.5, 0.6) is 5.75 Å². The molecule has 0 aromatic heterocycles. The molecule has 2 nitrogen and oxygen atoms in total. The van der Waals surface area contributed by atoms with Gasteiger partial charge in [-0.1, -0.05) is 12.1 Å². The predicted octanol–water partition coefficient (Wildman–Crippen LogP) is 4.35. The third-order valence-electron chi connectivity index (χ3n) is 2.93. The maximum absolute atomic E-state index is 13.7. The van der Waals surface area contributed by atoms with Gasteiger partial charge in [-0.3, -0.25) is 0 Å². The van der Waals surface area contributed by atoms with Gasteiger partial charge in [-0.15, -0.1) is 0 Å². The van der Waals surface area contributed by atoms with Crippen LogP contribution in [-0.2, 0) is 0 Å². The van der Waals surface area contributed by atoms with Gasteiger partial charge in [0.15, 0.2) is 17.5 Å². The van der Waals surface area contributed by atoms with E-state index in [1.807, 2.05) is 6.92 Å². The molecule has 2 rings (SSSR count). The van der Waals surface area contributed by atoms with Crippen molar-refractivity contribution >= 4 is 15.9 Å². The fraction of sp³-hybridized carbons (Fsp3) is 0.200. The highest BCUT2D eigenvalue weighted by molar-refractivity contribution is 9.10. The van der Waals surface area contributed by atoms with Crippen molar-refractivity contribution in [1.29, 1.82) is 0 Å². The van der Waals surface area contributed by atoms with Gasteiger partial charge >= 0.3 is 0 Å². The summed E-state index contributed by atoms with van der Waals surface area (Å²) in [6.45, 7) is 2.30. The molecule has 0 saturated heterocycles. The van der Waals surface area contributed by atoms with Gasteiger partial charge in [0.25, 0.3) is 0 Å². The SMILES string of the molecule is CCOc1ccc(C(O)c2ccc(F)c(F)c2F)cc1Br. The standard InChI is InChI=1S/C15H12BrF3O2/c1-2-21-12-6-3-8(7-10(12)16)15(20)9-4-5-11(17)14(19)13(9)18/h3-7,15,20H,2H2,1H3. The normalized spacial score (nSPS) is 12.3. The third-order valence-corrected chi connectivity index (χ3v) is 3.55. The van der Waals surface area contributed by atoms with Crippen LogP contribution < -0.4 is 4.74 Å². The van der Waals surface area contributed by atoms with Gasteiger partial charge in [0.1, 0.15) is 11.9 Å². The number of aliphatic hydroxyl groups is 1. The molecule has 1 N–H and O–H groups in total. The summed E-state index contributed by atoms with van der Waals surface area (Å²) in [6, 6.07) is 6.46. The number of ether oxygens (including phenoxy) is 1. The van der Waals surface area contributed by atoms with E-state index in [0.717, 1.165) is 12.1 Å². The van der Waals surface area contributed by atoms with E-state index in [9.17, 15) is 18.3 Å². The first-order valence-corrected chi connectivity index (χ1v) is 6.98. The first-order chi connectivity index (χ1) is 9.95. The summed E-state index contributed by atoms with van der Waals surface area (Å²) in [5, 5.41) is 10.1. The van der Waals surface area contributed by atoms with Gasteiger partial charge in [-0.2, -0.15) is 0 Å². The fourth-order valence-corrected chi connectivity index (χ4v) is 2.40. The van der Waals surface area contributed by atoms with E-state index in [2.05, 4.69) is 15.9 Å². The Balaban J connectivity index is 2.38. The highest BCUT2D eigenvalue weighted by Crippen LogP contribution is 2.32. The monoisotopic (exact) mass is 360 g/mol. The largest absolute Gasteiger partial charge is 0.493 e. The van der Waals surface area contributed by atoms with Crippen LogP contribution in [0, 0.1) is 17.5 Å². The molecule has 0 bridgehead atoms. The second-order valence-corrected chi connectivity index (χ2v) is 5.14. The average Bonchev–Trinajstić information content (AvgIpc) is 2.46. The maximum Gasteiger partial charge on any atom is 0.194 e. The average molecular weight is 361 g/mol. The molecule has 0 aliphatic heterocycles. The second kappa shape index (κ2) is 6.49. The van der Waals surface area contributed by atoms with Gasteiger partial charge in [0.2, 0.25) is 0 Å². The molecule has 2 aromatic carbocycles. The van der Waals surface area contributed by atoms with Crippen LogP contribution in [0.15, 0.2) is 34.8 Å². The van der Waals surface area contributed by atoms with Crippen LogP contribution in [0.4, 0.5) is 13.2 Å². The molecular weight excluding hydrogens is 349 g/mol. The lowest BCUT2D eigenvalue weighted by Gasteiger charge is -2.15. The van der Waals surface area contributed by atoms with E-state index in [0.29, 0.717) is 22.4 Å². The Hall–Kier alpha value is -1.53. The molecule has 112 valence electrons. The molecule has 1 atom stereocenters. The van der Waals surface area contributed by atoms with Crippen molar-refractivity contribution in [3.05, 3.63) is 63.4 Å². The molecule has 0 heterocycles. The van der Waals surface area contributed by atoms with Crippen molar-refractivity contribution in [2.45, 2.75) is 13.0 Å². The van der Waals surface area contributed by atoms with Crippen LogP contribution in [0.3, 0.4) is 0 Å². The Morgan fingerprint density at radius 1 is 1.14 bits per heavy atom. The maximum atomic E-state index is 13.7. The first kappa shape index (κ1) is 15.9. The summed E-state index contributed by atoms with van der Waals surface area (Å²) in [5.41, 5.74) is 0.000182. The number of rotatable bonds is 4. The quantitative estimate of drug-likeness (QED) is 0.821. The minimum absolute atomic E-state index is 0.329. The van der Waals surface area contributed by atoms with Gasteiger partial charge < -0.3 is 9.84 Å². The zero-order chi connectivity index (χ0) is 15.6. The third kappa shape index (κ3) is 3.22. The van der Waals surface area contributed by atoms with Gasteiger partial charge in [-0.05, 0) is 46.6 Å². The zero-order valence-electron chi connectivity index (χ0n) is 11.0. The predicted molar refractivity (Wildman–Crippen MR) is 75.7 cm³/mol. The van der Waals surface area contributed by atoms with Gasteiger partial charge in [0.05, 0.1) is 11.1 Å². The molecule has 6 heteroatoms. The van der Waals surface area contributed by atoms with E-state index in [1.165, 1.54) is 12.1 Å². The van der Waals surface area contributed by atoms with Crippen LogP contribution >= 0.6 is 15.9 Å². The molecule has 0 radical (unpaired) electrons. The minimum atomic E-state index is -1.60. The Labute approximate surface area is 128 Å². The highest BCUT2D eigenvalue weighted by atomic mass is 79.9. The Kier molecular flexibility index (Phi) is 4.90. The summed E-state index contributed by atoms with van der Waals surface area (Å²) < 4.78 is 45.7. The summed E-state index contributed by atoms with van der Waals surface area (Å²) in [7, 11) is 0. The lowest BCUT2D eigenvalue weighted by molar-refractivity contribution is 0.212. The van der Waals surface area contributed by atoms with Crippen molar-refractivity contribution in [3.8, 4) is 5.75 Å². The summed E-state index contributed by atoms with van der Waals surface area (Å²) in [5.74, 6) is -3.72. The van der Waals surface area contributed by atoms with Crippen molar-refractivity contribution in [1.82, 2.24) is 0 Å². The fourth-order valence-electron chi connectivity index (χ4n) is 1.89. The number of halogens is 4. The molecule has 0 saturated carbocycles. The molecule has 2 aromatic rings. The topological polar surface area (TPSA) is 29.5 Å². The number of benzene rings is 2. The summed E-state index contributed by atoms with van der Waals surface area (Å²) >= 11 is 3.27. The highest BCUT2D eigenvalue weighted by Gasteiger charge is 2.21. The number of hydrogen-bond donors (Lipinski definition) is 1. The van der Waals surface area contributed by atoms with Crippen molar-refractivity contribution in [3.63, 3.8) is 0 Å². The molecule has 0 fully saturated rings. The van der Waals surface area contributed by atoms with Crippen LogP contribution in [0.1, 0.15) is 24.2 Å². The van der Waals surface area contributed by atoms with E-state index in [4.69, 9.17) is 4.74 Å². The van der Waals surface area contributed by atoms with E-state index < -0.39 is 23.6 Å². The lowest BCUT2D eigenvalue weighted by Crippen LogP contribution is -2.06. The Bertz CT molecular complexity index is 662. The Morgan fingerprint density at radius 2 is 1.86 bits per heavy atom. The second-order valence-electron chi connectivity index (χ2n) is 4.29. The minimum Gasteiger partial charge on any atom is -0.493 e. The molecule has 0 spiro atoms. The molecule has 0 aliphatic rings. The summed E-state index contributed by atoms with van der Waals surface area (Å²) in [6.07, 6.45) is -1.41. The van der Waals surface area contributed by atoms with Crippen LogP contribution in [0.25, 0.3) is 0 Å². The molecule has 0 aliphatic carbocycles. The van der Waals surface area contributed by atoms with Crippen molar-refractivity contribution < 1.29 is 23.0 Å². The van der Waals surface area contributed by atoms with E-state index in [-0.39, 0.29) is 5.56 Å². The molecule has 0 amide bonds. The van der Waals surface area contributed by atoms with E-state index >= 15 is 0 Å². The van der Waals surface area contributed by atoms with Crippen LogP contribution in [-0.4, -0.2) is 11.7 Å². The number of hydrogen-bond acceptors (Lipinski definition) is 2. The first-order valence-electron chi connectivity index (χ1n) is 6.19. The smallest absolute Gasteiger partial charge is 0.194 e. The molecule has 21 heavy (non-hydrogen) atoms.